The number of nitrogens with one attached hydrogen (secondary N) is 1. The molecule has 0 bridgehead atoms. The van der Waals surface area contributed by atoms with Crippen molar-refractivity contribution in [3.63, 3.8) is 0 Å². The van der Waals surface area contributed by atoms with Gasteiger partial charge < -0.3 is 10.1 Å². The molecule has 1 aliphatic heterocycles. The smallest absolute Gasteiger partial charge is 0.243 e. The molecule has 0 radical (unpaired) electrons. The Morgan fingerprint density at radius 1 is 1.06 bits per heavy atom. The summed E-state index contributed by atoms with van der Waals surface area (Å²) < 4.78 is 33.3. The third-order valence-electron chi connectivity index (χ3n) is 5.79. The Balaban J connectivity index is 1.61. The summed E-state index contributed by atoms with van der Waals surface area (Å²) in [7, 11) is -3.57. The van der Waals surface area contributed by atoms with Gasteiger partial charge in [0, 0.05) is 19.0 Å². The number of carbonyl (C=O) groups excluding carboxylic acids is 1. The number of piperidine rings is 1. The highest BCUT2D eigenvalue weighted by Crippen LogP contribution is 2.29. The first kappa shape index (κ1) is 24.3. The minimum absolute atomic E-state index is 0.0335. The van der Waals surface area contributed by atoms with Crippen molar-refractivity contribution in [2.45, 2.75) is 57.3 Å². The van der Waals surface area contributed by atoms with Gasteiger partial charge in [0.1, 0.15) is 5.75 Å². The quantitative estimate of drug-likeness (QED) is 0.646. The second-order valence-electron chi connectivity index (χ2n) is 9.29. The van der Waals surface area contributed by atoms with E-state index in [-0.39, 0.29) is 17.2 Å². The Bertz CT molecular complexity index is 1020. The van der Waals surface area contributed by atoms with E-state index in [9.17, 15) is 13.2 Å². The number of rotatable bonds is 7. The van der Waals surface area contributed by atoms with E-state index < -0.39 is 10.0 Å². The standard InChI is InChI=1S/C25H34N2O4S/c1-5-18-31-23-9-7-6-8-22(23)26-24(28)19-14-16-27(17-15-19)32(29,30)21-12-10-20(11-13-21)25(2,3)4/h6-13,19H,5,14-18H2,1-4H3,(H,26,28). The van der Waals surface area contributed by atoms with Crippen molar-refractivity contribution in [1.29, 1.82) is 0 Å². The monoisotopic (exact) mass is 458 g/mol. The maximum atomic E-state index is 13.1. The van der Waals surface area contributed by atoms with Crippen molar-refractivity contribution in [2.75, 3.05) is 25.0 Å². The molecule has 0 spiro atoms. The summed E-state index contributed by atoms with van der Waals surface area (Å²) in [6.45, 7) is 9.56. The molecule has 0 aromatic heterocycles. The van der Waals surface area contributed by atoms with E-state index in [4.69, 9.17) is 4.74 Å². The average Bonchev–Trinajstić information content (AvgIpc) is 2.78. The highest BCUT2D eigenvalue weighted by molar-refractivity contribution is 7.89. The van der Waals surface area contributed by atoms with Crippen molar-refractivity contribution in [3.8, 4) is 5.75 Å². The number of sulfonamides is 1. The Hall–Kier alpha value is -2.38. The van der Waals surface area contributed by atoms with Crippen LogP contribution < -0.4 is 10.1 Å². The molecule has 1 aliphatic rings. The molecule has 1 N–H and O–H groups in total. The highest BCUT2D eigenvalue weighted by Gasteiger charge is 2.32. The number of nitrogens with zero attached hydrogens (tertiary/aromatic N) is 1. The lowest BCUT2D eigenvalue weighted by atomic mass is 9.87. The molecule has 0 saturated carbocycles. The molecule has 7 heteroatoms. The van der Waals surface area contributed by atoms with E-state index in [1.807, 2.05) is 43.3 Å². The van der Waals surface area contributed by atoms with Crippen LogP contribution in [0.3, 0.4) is 0 Å². The van der Waals surface area contributed by atoms with Crippen molar-refractivity contribution >= 4 is 21.6 Å². The summed E-state index contributed by atoms with van der Waals surface area (Å²) in [5, 5.41) is 2.96. The maximum absolute atomic E-state index is 13.1. The van der Waals surface area contributed by atoms with Gasteiger partial charge in [-0.15, -0.1) is 0 Å². The zero-order chi connectivity index (χ0) is 23.4. The molecule has 174 valence electrons. The Morgan fingerprint density at radius 2 is 1.69 bits per heavy atom. The number of ether oxygens (including phenoxy) is 1. The normalized spacial score (nSPS) is 16.0. The first-order valence-electron chi connectivity index (χ1n) is 11.3. The average molecular weight is 459 g/mol. The fraction of sp³-hybridized carbons (Fsp3) is 0.480. The Kier molecular flexibility index (Phi) is 7.62. The second kappa shape index (κ2) is 10.0. The summed E-state index contributed by atoms with van der Waals surface area (Å²) in [5.41, 5.74) is 1.71. The molecule has 2 aromatic rings. The van der Waals surface area contributed by atoms with Crippen LogP contribution in [-0.2, 0) is 20.2 Å². The Morgan fingerprint density at radius 3 is 2.28 bits per heavy atom. The van der Waals surface area contributed by atoms with Crippen LogP contribution >= 0.6 is 0 Å². The van der Waals surface area contributed by atoms with Crippen LogP contribution in [0.4, 0.5) is 5.69 Å². The van der Waals surface area contributed by atoms with E-state index in [1.165, 1.54) is 4.31 Å². The molecular weight excluding hydrogens is 424 g/mol. The SMILES string of the molecule is CCCOc1ccccc1NC(=O)C1CCN(S(=O)(=O)c2ccc(C(C)(C)C)cc2)CC1. The predicted octanol–water partition coefficient (Wildman–Crippen LogP) is 4.81. The van der Waals surface area contributed by atoms with Gasteiger partial charge in [-0.3, -0.25) is 4.79 Å². The van der Waals surface area contributed by atoms with Gasteiger partial charge in [0.05, 0.1) is 17.2 Å². The first-order chi connectivity index (χ1) is 15.1. The largest absolute Gasteiger partial charge is 0.491 e. The van der Waals surface area contributed by atoms with E-state index in [2.05, 4.69) is 26.1 Å². The number of hydrogen-bond donors (Lipinski definition) is 1. The van der Waals surface area contributed by atoms with Gasteiger partial charge in [0.2, 0.25) is 15.9 Å². The molecule has 32 heavy (non-hydrogen) atoms. The van der Waals surface area contributed by atoms with Crippen LogP contribution in [-0.4, -0.2) is 38.3 Å². The highest BCUT2D eigenvalue weighted by atomic mass is 32.2. The van der Waals surface area contributed by atoms with E-state index in [1.54, 1.807) is 12.1 Å². The zero-order valence-electron chi connectivity index (χ0n) is 19.4. The minimum Gasteiger partial charge on any atom is -0.491 e. The first-order valence-corrected chi connectivity index (χ1v) is 12.7. The van der Waals surface area contributed by atoms with Crippen LogP contribution in [0.2, 0.25) is 0 Å². The van der Waals surface area contributed by atoms with Crippen molar-refractivity contribution in [3.05, 3.63) is 54.1 Å². The number of carbonyl (C=O) groups is 1. The Labute approximate surface area is 192 Å². The second-order valence-corrected chi connectivity index (χ2v) is 11.2. The lowest BCUT2D eigenvalue weighted by Crippen LogP contribution is -2.41. The van der Waals surface area contributed by atoms with Gasteiger partial charge >= 0.3 is 0 Å². The van der Waals surface area contributed by atoms with Gasteiger partial charge in [-0.25, -0.2) is 8.42 Å². The van der Waals surface area contributed by atoms with E-state index >= 15 is 0 Å². The van der Waals surface area contributed by atoms with Crippen molar-refractivity contribution in [1.82, 2.24) is 4.31 Å². The summed E-state index contributed by atoms with van der Waals surface area (Å²) in [6.07, 6.45) is 1.86. The van der Waals surface area contributed by atoms with Crippen LogP contribution in [0, 0.1) is 5.92 Å². The van der Waals surface area contributed by atoms with Gasteiger partial charge in [0.15, 0.2) is 0 Å². The number of anilines is 1. The lowest BCUT2D eigenvalue weighted by molar-refractivity contribution is -0.120. The molecule has 1 fully saturated rings. The third-order valence-corrected chi connectivity index (χ3v) is 7.70. The topological polar surface area (TPSA) is 75.7 Å². The molecule has 0 aliphatic carbocycles. The van der Waals surface area contributed by atoms with Gasteiger partial charge in [-0.05, 0) is 54.5 Å². The zero-order valence-corrected chi connectivity index (χ0v) is 20.2. The van der Waals surface area contributed by atoms with Crippen molar-refractivity contribution < 1.29 is 17.9 Å². The van der Waals surface area contributed by atoms with Gasteiger partial charge in [-0.1, -0.05) is 52.0 Å². The molecule has 1 saturated heterocycles. The third kappa shape index (κ3) is 5.70. The summed E-state index contributed by atoms with van der Waals surface area (Å²) >= 11 is 0. The van der Waals surface area contributed by atoms with Gasteiger partial charge in [-0.2, -0.15) is 4.31 Å². The molecule has 6 nitrogen and oxygen atoms in total. The summed E-state index contributed by atoms with van der Waals surface area (Å²) in [4.78, 5) is 13.1. The minimum atomic E-state index is -3.57. The van der Waals surface area contributed by atoms with E-state index in [0.29, 0.717) is 48.9 Å². The molecular formula is C25H34N2O4S. The number of amides is 1. The van der Waals surface area contributed by atoms with Crippen LogP contribution in [0.5, 0.6) is 5.75 Å². The van der Waals surface area contributed by atoms with Gasteiger partial charge in [0.25, 0.3) is 0 Å². The predicted molar refractivity (Wildman–Crippen MR) is 127 cm³/mol. The number of hydrogen-bond acceptors (Lipinski definition) is 4. The molecule has 0 atom stereocenters. The molecule has 3 rings (SSSR count). The molecule has 1 amide bonds. The summed E-state index contributed by atoms with van der Waals surface area (Å²) in [5.74, 6) is 0.328. The maximum Gasteiger partial charge on any atom is 0.243 e. The summed E-state index contributed by atoms with van der Waals surface area (Å²) in [6, 6.07) is 14.5. The van der Waals surface area contributed by atoms with Crippen LogP contribution in [0.25, 0.3) is 0 Å². The fourth-order valence-corrected chi connectivity index (χ4v) is 5.25. The van der Waals surface area contributed by atoms with Crippen molar-refractivity contribution in [2.24, 2.45) is 5.92 Å². The fourth-order valence-electron chi connectivity index (χ4n) is 3.78. The number of benzene rings is 2. The molecule has 2 aromatic carbocycles. The van der Waals surface area contributed by atoms with Crippen LogP contribution in [0.15, 0.2) is 53.4 Å². The van der Waals surface area contributed by atoms with Crippen LogP contribution in [0.1, 0.15) is 52.5 Å². The molecule has 0 unspecified atom stereocenters. The lowest BCUT2D eigenvalue weighted by Gasteiger charge is -2.31. The molecule has 1 heterocycles. The number of para-hydroxylation sites is 2. The van der Waals surface area contributed by atoms with E-state index in [0.717, 1.165) is 12.0 Å².